The van der Waals surface area contributed by atoms with E-state index in [-0.39, 0.29) is 12.9 Å². The molecule has 4 heteroatoms. The maximum atomic E-state index is 8.58. The first kappa shape index (κ1) is 8.87. The van der Waals surface area contributed by atoms with Crippen molar-refractivity contribution in [3.8, 4) is 0 Å². The van der Waals surface area contributed by atoms with E-state index in [4.69, 9.17) is 14.7 Å². The monoisotopic (exact) mass is 91.0 g/mol. The van der Waals surface area contributed by atoms with Gasteiger partial charge >= 0.3 is 0 Å². The van der Waals surface area contributed by atoms with Gasteiger partial charge < -0.3 is 10.8 Å². The first-order valence-corrected chi connectivity index (χ1v) is 1.06. The number of primary amides is 1. The van der Waals surface area contributed by atoms with Gasteiger partial charge in [0.1, 0.15) is 0 Å². The highest BCUT2D eigenvalue weighted by Gasteiger charge is 1.22. The second-order valence-corrected chi connectivity index (χ2v) is 0.241. The molecule has 0 aromatic carbocycles. The minimum absolute atomic E-state index is 0.250. The van der Waals surface area contributed by atoms with Crippen LogP contribution in [-0.2, 0) is 9.59 Å². The van der Waals surface area contributed by atoms with Gasteiger partial charge in [-0.15, -0.1) is 0 Å². The zero-order valence-corrected chi connectivity index (χ0v) is 3.00. The van der Waals surface area contributed by atoms with Gasteiger partial charge in [-0.1, -0.05) is 0 Å². The Morgan fingerprint density at radius 2 is 1.50 bits per heavy atom. The molecule has 0 unspecified atom stereocenters. The van der Waals surface area contributed by atoms with Crippen molar-refractivity contribution in [2.24, 2.45) is 5.73 Å². The van der Waals surface area contributed by atoms with Crippen molar-refractivity contribution in [1.82, 2.24) is 0 Å². The van der Waals surface area contributed by atoms with E-state index in [1.807, 2.05) is 0 Å². The van der Waals surface area contributed by atoms with Crippen molar-refractivity contribution >= 4 is 12.9 Å². The highest BCUT2D eigenvalue weighted by molar-refractivity contribution is 5.42. The number of nitrogens with two attached hydrogens (primary N) is 1. The van der Waals surface area contributed by atoms with Crippen LogP contribution in [0.1, 0.15) is 0 Å². The first-order chi connectivity index (χ1) is 2.83. The lowest BCUT2D eigenvalue weighted by molar-refractivity contribution is -0.122. The molecule has 0 rings (SSSR count). The summed E-state index contributed by atoms with van der Waals surface area (Å²) in [7, 11) is 0. The minimum atomic E-state index is -0.250. The Hall–Kier alpha value is -1.06. The fourth-order valence-corrected chi connectivity index (χ4v) is 0. The van der Waals surface area contributed by atoms with Crippen molar-refractivity contribution in [3.63, 3.8) is 0 Å². The number of carbonyl (C=O) groups excluding carboxylic acids is 1. The maximum Gasteiger partial charge on any atom is 0.290 e. The van der Waals surface area contributed by atoms with Gasteiger partial charge in [0.25, 0.3) is 6.47 Å². The van der Waals surface area contributed by atoms with Crippen molar-refractivity contribution < 1.29 is 14.7 Å². The van der Waals surface area contributed by atoms with Crippen LogP contribution in [0.15, 0.2) is 0 Å². The average molecular weight is 91.1 g/mol. The molecule has 36 valence electrons. The molecule has 0 aliphatic rings. The minimum Gasteiger partial charge on any atom is -0.483 e. The molecule has 0 aliphatic heterocycles. The molecule has 0 aliphatic carbocycles. The molecule has 0 spiro atoms. The lowest BCUT2D eigenvalue weighted by Gasteiger charge is -1.34. The van der Waals surface area contributed by atoms with Crippen molar-refractivity contribution in [2.75, 3.05) is 0 Å². The van der Waals surface area contributed by atoms with Gasteiger partial charge in [-0.25, -0.2) is 0 Å². The molecular weight excluding hydrogens is 86.0 g/mol. The van der Waals surface area contributed by atoms with Gasteiger partial charge in [-0.05, 0) is 0 Å². The lowest BCUT2D eigenvalue weighted by Crippen LogP contribution is -1.82. The molecule has 0 aromatic rings. The average Bonchev–Trinajstić information content (AvgIpc) is 1.39. The summed E-state index contributed by atoms with van der Waals surface area (Å²) in [6, 6.07) is 0. The van der Waals surface area contributed by atoms with Crippen LogP contribution in [0.5, 0.6) is 0 Å². The van der Waals surface area contributed by atoms with E-state index in [1.54, 1.807) is 0 Å². The van der Waals surface area contributed by atoms with Crippen LogP contribution in [0.2, 0.25) is 0 Å². The molecule has 1 amide bonds. The standard InChI is InChI=1S/CH3NO.CH2O2/c2*2-1-3/h1H,(H2,2,3);1H,(H,2,3). The number of amides is 1. The van der Waals surface area contributed by atoms with Gasteiger partial charge in [0, 0.05) is 0 Å². The summed E-state index contributed by atoms with van der Waals surface area (Å²) in [5, 5.41) is 6.89. The van der Waals surface area contributed by atoms with Crippen LogP contribution >= 0.6 is 0 Å². The van der Waals surface area contributed by atoms with Gasteiger partial charge in [0.15, 0.2) is 0 Å². The van der Waals surface area contributed by atoms with Gasteiger partial charge in [0.2, 0.25) is 6.41 Å². The Labute approximate surface area is 34.6 Å². The summed E-state index contributed by atoms with van der Waals surface area (Å²) in [5.74, 6) is 0. The Bertz CT molecular complexity index is 29.8. The summed E-state index contributed by atoms with van der Waals surface area (Å²) < 4.78 is 0. The fraction of sp³-hybridized carbons (Fsp3) is 0. The van der Waals surface area contributed by atoms with Crippen LogP contribution in [0, 0.1) is 0 Å². The summed E-state index contributed by atoms with van der Waals surface area (Å²) in [6.07, 6.45) is 0.250. The molecule has 0 saturated carbocycles. The second kappa shape index (κ2) is 38.5. The smallest absolute Gasteiger partial charge is 0.290 e. The molecule has 6 heavy (non-hydrogen) atoms. The van der Waals surface area contributed by atoms with E-state index < -0.39 is 0 Å². The summed E-state index contributed by atoms with van der Waals surface area (Å²) in [6.45, 7) is -0.250. The van der Waals surface area contributed by atoms with E-state index in [2.05, 4.69) is 5.73 Å². The highest BCUT2D eigenvalue weighted by Crippen LogP contribution is 0.966. The van der Waals surface area contributed by atoms with Gasteiger partial charge in [0.05, 0.1) is 0 Å². The SMILES string of the molecule is NC=O.O=CO. The van der Waals surface area contributed by atoms with Crippen LogP contribution in [0.25, 0.3) is 0 Å². The van der Waals surface area contributed by atoms with E-state index in [0.29, 0.717) is 0 Å². The van der Waals surface area contributed by atoms with E-state index in [0.717, 1.165) is 0 Å². The quantitative estimate of drug-likeness (QED) is 0.367. The van der Waals surface area contributed by atoms with Gasteiger partial charge in [-0.3, -0.25) is 9.59 Å². The zero-order valence-electron chi connectivity index (χ0n) is 3.00. The van der Waals surface area contributed by atoms with Gasteiger partial charge in [-0.2, -0.15) is 0 Å². The van der Waals surface area contributed by atoms with Crippen molar-refractivity contribution in [1.29, 1.82) is 0 Å². The first-order valence-electron chi connectivity index (χ1n) is 1.06. The topological polar surface area (TPSA) is 80.4 Å². The van der Waals surface area contributed by atoms with Crippen LogP contribution in [0.3, 0.4) is 0 Å². The molecule has 0 atom stereocenters. The number of hydrogen-bond acceptors (Lipinski definition) is 2. The summed E-state index contributed by atoms with van der Waals surface area (Å²) >= 11 is 0. The third-order valence-electron chi connectivity index (χ3n) is 0. The molecule has 0 aromatic heterocycles. The maximum absolute atomic E-state index is 8.58. The van der Waals surface area contributed by atoms with Crippen molar-refractivity contribution in [2.45, 2.75) is 0 Å². The Balaban J connectivity index is 0. The highest BCUT2D eigenvalue weighted by atomic mass is 16.3. The second-order valence-electron chi connectivity index (χ2n) is 0.241. The zero-order chi connectivity index (χ0) is 5.41. The molecule has 0 saturated heterocycles. The molecule has 3 N–H and O–H groups in total. The third kappa shape index (κ3) is 9.85. The molecule has 4 nitrogen and oxygen atoms in total. The molecule has 0 bridgehead atoms. The normalized spacial score (nSPS) is 4.00. The molecule has 0 radical (unpaired) electrons. The van der Waals surface area contributed by atoms with Crippen LogP contribution in [0.4, 0.5) is 0 Å². The predicted octanol–water partition coefficient (Wildman–Crippen LogP) is -1.20. The fourth-order valence-electron chi connectivity index (χ4n) is 0. The molecular formula is C2H5NO3. The molecule has 0 heterocycles. The van der Waals surface area contributed by atoms with Crippen LogP contribution in [-0.4, -0.2) is 18.0 Å². The predicted molar refractivity (Wildman–Crippen MR) is 18.9 cm³/mol. The Morgan fingerprint density at radius 1 is 1.50 bits per heavy atom. The summed E-state index contributed by atoms with van der Waals surface area (Å²) in [4.78, 5) is 16.9. The number of hydrogen-bond donors (Lipinski definition) is 2. The Morgan fingerprint density at radius 3 is 1.50 bits per heavy atom. The van der Waals surface area contributed by atoms with E-state index in [9.17, 15) is 0 Å². The Kier molecular flexibility index (Phi) is 57.0. The third-order valence-corrected chi connectivity index (χ3v) is 0. The summed E-state index contributed by atoms with van der Waals surface area (Å²) in [5.41, 5.74) is 4.17. The lowest BCUT2D eigenvalue weighted by atomic mass is 11.5. The number of carboxylic acid groups (broad SMARTS) is 1. The largest absolute Gasteiger partial charge is 0.483 e. The number of rotatable bonds is 0. The van der Waals surface area contributed by atoms with E-state index in [1.165, 1.54) is 0 Å². The molecule has 0 fully saturated rings. The van der Waals surface area contributed by atoms with Crippen molar-refractivity contribution in [3.05, 3.63) is 0 Å². The van der Waals surface area contributed by atoms with E-state index >= 15 is 0 Å². The van der Waals surface area contributed by atoms with Crippen LogP contribution < -0.4 is 5.73 Å². The number of carbonyl (C=O) groups is 2.